The number of rotatable bonds is 6. The van der Waals surface area contributed by atoms with Gasteiger partial charge >= 0.3 is 6.18 Å². The fraction of sp³-hybridized carbons (Fsp3) is 0.120. The number of para-hydroxylation sites is 1. The summed E-state index contributed by atoms with van der Waals surface area (Å²) in [4.78, 5) is 32.7. The number of carbonyl (C=O) groups is 2. The van der Waals surface area contributed by atoms with Crippen molar-refractivity contribution in [2.24, 2.45) is 7.05 Å². The van der Waals surface area contributed by atoms with E-state index in [-0.39, 0.29) is 16.9 Å². The number of nitrogens with zero attached hydrogens (tertiary/aromatic N) is 4. The minimum Gasteiger partial charge on any atom is -0.323 e. The predicted octanol–water partition coefficient (Wildman–Crippen LogP) is 4.86. The molecule has 1 atom stereocenters. The summed E-state index contributed by atoms with van der Waals surface area (Å²) in [6.45, 7) is 0. The second-order valence-electron chi connectivity index (χ2n) is 7.60. The molecule has 0 aliphatic rings. The summed E-state index contributed by atoms with van der Waals surface area (Å²) in [7, 11) is 1.64. The van der Waals surface area contributed by atoms with Crippen LogP contribution in [0.5, 0.6) is 0 Å². The molecule has 178 valence electrons. The molecule has 4 aromatic rings. The lowest BCUT2D eigenvalue weighted by molar-refractivity contribution is -0.137. The summed E-state index contributed by atoms with van der Waals surface area (Å²) in [5.41, 5.74) is -0.709. The predicted molar refractivity (Wildman–Crippen MR) is 124 cm³/mol. The van der Waals surface area contributed by atoms with E-state index >= 15 is 0 Å². The quantitative estimate of drug-likeness (QED) is 0.428. The van der Waals surface area contributed by atoms with Crippen LogP contribution in [0.1, 0.15) is 27.7 Å². The summed E-state index contributed by atoms with van der Waals surface area (Å²) in [5.74, 6) is -1.41. The van der Waals surface area contributed by atoms with E-state index in [1.54, 1.807) is 49.5 Å². The van der Waals surface area contributed by atoms with Gasteiger partial charge in [-0.05, 0) is 36.4 Å². The molecule has 2 heterocycles. The maximum atomic E-state index is 13.7. The molecule has 2 aromatic heterocycles. The van der Waals surface area contributed by atoms with Crippen LogP contribution < -0.4 is 10.2 Å². The number of benzene rings is 2. The van der Waals surface area contributed by atoms with Gasteiger partial charge in [-0.15, -0.1) is 0 Å². The molecular formula is C25H20F3N5O2. The molecule has 10 heteroatoms. The van der Waals surface area contributed by atoms with Crippen LogP contribution in [0.2, 0.25) is 0 Å². The van der Waals surface area contributed by atoms with Gasteiger partial charge in [-0.3, -0.25) is 24.2 Å². The number of carbonyl (C=O) groups excluding carboxylic acids is 2. The molecule has 0 fully saturated rings. The van der Waals surface area contributed by atoms with Crippen molar-refractivity contribution >= 4 is 23.2 Å². The summed E-state index contributed by atoms with van der Waals surface area (Å²) in [5, 5.41) is 6.46. The van der Waals surface area contributed by atoms with Gasteiger partial charge in [0.25, 0.3) is 11.8 Å². The number of hydrogen-bond donors (Lipinski definition) is 1. The van der Waals surface area contributed by atoms with Crippen LogP contribution in [0.3, 0.4) is 0 Å². The molecule has 0 radical (unpaired) electrons. The molecule has 0 spiro atoms. The van der Waals surface area contributed by atoms with Crippen LogP contribution in [-0.4, -0.2) is 26.6 Å². The highest BCUT2D eigenvalue weighted by molar-refractivity contribution is 6.11. The van der Waals surface area contributed by atoms with Gasteiger partial charge in [-0.2, -0.15) is 18.3 Å². The standard InChI is InChI=1S/C25H20F3N5O2/c1-32-16-18(15-30-32)33(24(35)17-9-3-2-4-10-17)22(21-13-7-8-14-29-21)23(34)31-20-12-6-5-11-19(20)25(26,27)28/h2-16,22H,1H3,(H,31,34). The topological polar surface area (TPSA) is 80.1 Å². The molecule has 2 aromatic carbocycles. The van der Waals surface area contributed by atoms with E-state index in [0.717, 1.165) is 12.1 Å². The number of alkyl halides is 3. The Morgan fingerprint density at radius 2 is 1.66 bits per heavy atom. The van der Waals surface area contributed by atoms with Gasteiger partial charge in [0.2, 0.25) is 0 Å². The Kier molecular flexibility index (Phi) is 6.63. The lowest BCUT2D eigenvalue weighted by Crippen LogP contribution is -2.42. The third-order valence-electron chi connectivity index (χ3n) is 5.17. The van der Waals surface area contributed by atoms with Crippen molar-refractivity contribution in [1.82, 2.24) is 14.8 Å². The van der Waals surface area contributed by atoms with Crippen LogP contribution in [0.4, 0.5) is 24.5 Å². The molecule has 2 amide bonds. The van der Waals surface area contributed by atoms with Gasteiger partial charge in [0.1, 0.15) is 0 Å². The third-order valence-corrected chi connectivity index (χ3v) is 5.17. The van der Waals surface area contributed by atoms with Crippen molar-refractivity contribution in [3.05, 3.63) is 108 Å². The van der Waals surface area contributed by atoms with Crippen LogP contribution >= 0.6 is 0 Å². The van der Waals surface area contributed by atoms with Gasteiger partial charge in [-0.25, -0.2) is 0 Å². The van der Waals surface area contributed by atoms with Crippen molar-refractivity contribution in [3.63, 3.8) is 0 Å². The Labute approximate surface area is 198 Å². The van der Waals surface area contributed by atoms with Crippen LogP contribution in [-0.2, 0) is 18.0 Å². The lowest BCUT2D eigenvalue weighted by Gasteiger charge is -2.30. The Balaban J connectivity index is 1.83. The average molecular weight is 479 g/mol. The maximum Gasteiger partial charge on any atom is 0.418 e. The van der Waals surface area contributed by atoms with Crippen molar-refractivity contribution < 1.29 is 22.8 Å². The van der Waals surface area contributed by atoms with E-state index in [1.807, 2.05) is 0 Å². The molecule has 7 nitrogen and oxygen atoms in total. The normalized spacial score (nSPS) is 12.1. The Morgan fingerprint density at radius 3 is 2.29 bits per heavy atom. The summed E-state index contributed by atoms with van der Waals surface area (Å²) < 4.78 is 42.1. The fourth-order valence-electron chi connectivity index (χ4n) is 3.60. The number of hydrogen-bond acceptors (Lipinski definition) is 4. The Bertz CT molecular complexity index is 1320. The summed E-state index contributed by atoms with van der Waals surface area (Å²) in [6.07, 6.45) is -0.317. The zero-order chi connectivity index (χ0) is 25.0. The van der Waals surface area contributed by atoms with Crippen LogP contribution in [0.25, 0.3) is 0 Å². The molecule has 4 rings (SSSR count). The van der Waals surface area contributed by atoms with Gasteiger partial charge in [0.05, 0.1) is 28.8 Å². The molecule has 1 unspecified atom stereocenters. The number of halogens is 3. The van der Waals surface area contributed by atoms with E-state index in [4.69, 9.17) is 0 Å². The van der Waals surface area contributed by atoms with Gasteiger partial charge in [0.15, 0.2) is 6.04 Å². The molecule has 0 aliphatic carbocycles. The van der Waals surface area contributed by atoms with E-state index < -0.39 is 35.3 Å². The highest BCUT2D eigenvalue weighted by Crippen LogP contribution is 2.36. The van der Waals surface area contributed by atoms with Gasteiger partial charge < -0.3 is 5.32 Å². The average Bonchev–Trinajstić information content (AvgIpc) is 3.28. The van der Waals surface area contributed by atoms with Crippen molar-refractivity contribution in [2.45, 2.75) is 12.2 Å². The van der Waals surface area contributed by atoms with E-state index in [1.165, 1.54) is 46.4 Å². The van der Waals surface area contributed by atoms with E-state index in [2.05, 4.69) is 15.4 Å². The highest BCUT2D eigenvalue weighted by atomic mass is 19.4. The van der Waals surface area contributed by atoms with Crippen molar-refractivity contribution in [2.75, 3.05) is 10.2 Å². The molecule has 0 saturated heterocycles. The first-order chi connectivity index (χ1) is 16.8. The zero-order valence-electron chi connectivity index (χ0n) is 18.5. The minimum atomic E-state index is -4.69. The zero-order valence-corrected chi connectivity index (χ0v) is 18.5. The molecule has 1 N–H and O–H groups in total. The number of aromatic nitrogens is 3. The first-order valence-electron chi connectivity index (χ1n) is 10.5. The van der Waals surface area contributed by atoms with E-state index in [9.17, 15) is 22.8 Å². The lowest BCUT2D eigenvalue weighted by atomic mass is 10.1. The van der Waals surface area contributed by atoms with Gasteiger partial charge in [-0.1, -0.05) is 36.4 Å². The Hall–Kier alpha value is -4.47. The largest absolute Gasteiger partial charge is 0.418 e. The SMILES string of the molecule is Cn1cc(N(C(=O)c2ccccc2)C(C(=O)Nc2ccccc2C(F)(F)F)c2ccccn2)cn1. The van der Waals surface area contributed by atoms with Crippen LogP contribution in [0, 0.1) is 0 Å². The fourth-order valence-corrected chi connectivity index (χ4v) is 3.60. The van der Waals surface area contributed by atoms with Crippen molar-refractivity contribution in [1.29, 1.82) is 0 Å². The second-order valence-corrected chi connectivity index (χ2v) is 7.60. The number of pyridine rings is 1. The number of aryl methyl sites for hydroxylation is 1. The highest BCUT2D eigenvalue weighted by Gasteiger charge is 2.38. The smallest absolute Gasteiger partial charge is 0.323 e. The minimum absolute atomic E-state index is 0.169. The molecule has 0 bridgehead atoms. The van der Waals surface area contributed by atoms with Crippen LogP contribution in [0.15, 0.2) is 91.4 Å². The Morgan fingerprint density at radius 1 is 0.971 bits per heavy atom. The number of nitrogens with one attached hydrogen (secondary N) is 1. The monoisotopic (exact) mass is 479 g/mol. The summed E-state index contributed by atoms with van der Waals surface area (Å²) >= 11 is 0. The molecular weight excluding hydrogens is 459 g/mol. The first kappa shape index (κ1) is 23.7. The van der Waals surface area contributed by atoms with Gasteiger partial charge in [0, 0.05) is 25.0 Å². The first-order valence-corrected chi connectivity index (χ1v) is 10.5. The molecule has 35 heavy (non-hydrogen) atoms. The molecule has 0 aliphatic heterocycles. The van der Waals surface area contributed by atoms with E-state index in [0.29, 0.717) is 0 Å². The second kappa shape index (κ2) is 9.80. The summed E-state index contributed by atoms with van der Waals surface area (Å²) in [6, 6.07) is 16.3. The van der Waals surface area contributed by atoms with Crippen molar-refractivity contribution in [3.8, 4) is 0 Å². The molecule has 0 saturated carbocycles. The maximum absolute atomic E-state index is 13.7. The number of amides is 2. The number of anilines is 2. The third kappa shape index (κ3) is 5.21.